The third-order valence-electron chi connectivity index (χ3n) is 5.01. The maximum absolute atomic E-state index is 12.5. The maximum Gasteiger partial charge on any atom is 0.228 e. The Morgan fingerprint density at radius 1 is 0.968 bits per heavy atom. The Kier molecular flexibility index (Phi) is 5.02. The van der Waals surface area contributed by atoms with Crippen LogP contribution in [0.3, 0.4) is 0 Å². The number of carbonyl (C=O) groups excluding carboxylic acids is 1. The van der Waals surface area contributed by atoms with E-state index in [1.165, 1.54) is 0 Å². The monoisotopic (exact) mass is 408 g/mol. The zero-order valence-corrected chi connectivity index (χ0v) is 16.7. The van der Waals surface area contributed by atoms with Crippen LogP contribution >= 0.6 is 0 Å². The number of hydrogen-bond acceptors (Lipinski definition) is 4. The molecule has 0 spiro atoms. The largest absolute Gasteiger partial charge is 0.487 e. The average Bonchev–Trinajstić information content (AvgIpc) is 3.22. The highest BCUT2D eigenvalue weighted by Crippen LogP contribution is 2.19. The van der Waals surface area contributed by atoms with Crippen LogP contribution in [-0.4, -0.2) is 20.3 Å². The van der Waals surface area contributed by atoms with E-state index in [1.807, 2.05) is 89.6 Å². The van der Waals surface area contributed by atoms with Crippen molar-refractivity contribution in [1.82, 2.24) is 14.4 Å². The van der Waals surface area contributed by atoms with Crippen molar-refractivity contribution in [2.24, 2.45) is 0 Å². The summed E-state index contributed by atoms with van der Waals surface area (Å²) in [5.74, 6) is 0.629. The van der Waals surface area contributed by atoms with Gasteiger partial charge in [0.2, 0.25) is 5.91 Å². The quantitative estimate of drug-likeness (QED) is 0.444. The van der Waals surface area contributed by atoms with Gasteiger partial charge < -0.3 is 14.5 Å². The molecule has 5 rings (SSSR count). The maximum atomic E-state index is 12.5. The Labute approximate surface area is 179 Å². The Balaban J connectivity index is 1.20. The number of amides is 1. The molecule has 1 N–H and O–H groups in total. The molecular formula is C25H20N4O2. The van der Waals surface area contributed by atoms with Crippen molar-refractivity contribution >= 4 is 28.1 Å². The molecular weight excluding hydrogens is 388 g/mol. The Morgan fingerprint density at radius 3 is 2.71 bits per heavy atom. The van der Waals surface area contributed by atoms with Gasteiger partial charge in [0, 0.05) is 29.7 Å². The Bertz CT molecular complexity index is 1320. The number of para-hydroxylation sites is 1. The number of carbonyl (C=O) groups is 1. The molecule has 6 heteroatoms. The van der Waals surface area contributed by atoms with Crippen molar-refractivity contribution in [1.29, 1.82) is 0 Å². The zero-order chi connectivity index (χ0) is 21.0. The average molecular weight is 408 g/mol. The smallest absolute Gasteiger partial charge is 0.228 e. The second kappa shape index (κ2) is 8.28. The minimum atomic E-state index is -0.0866. The lowest BCUT2D eigenvalue weighted by Gasteiger charge is -2.09. The number of fused-ring (bicyclic) bond motifs is 2. The number of rotatable bonds is 6. The minimum Gasteiger partial charge on any atom is -0.487 e. The standard InChI is InChI=1S/C25H20N4O2/c30-24(15-19-6-3-5-18-7-4-13-26-25(18)19)28-20-9-11-22(12-10-20)31-17-21-16-29-14-2-1-8-23(29)27-21/h1-14,16H,15,17H2,(H,28,30). The highest BCUT2D eigenvalue weighted by atomic mass is 16.5. The molecule has 0 aliphatic heterocycles. The zero-order valence-electron chi connectivity index (χ0n) is 16.7. The van der Waals surface area contributed by atoms with Gasteiger partial charge in [-0.2, -0.15) is 0 Å². The lowest BCUT2D eigenvalue weighted by atomic mass is 10.1. The van der Waals surface area contributed by atoms with Crippen LogP contribution in [0.5, 0.6) is 5.75 Å². The van der Waals surface area contributed by atoms with Gasteiger partial charge in [0.1, 0.15) is 18.0 Å². The lowest BCUT2D eigenvalue weighted by Crippen LogP contribution is -2.14. The predicted octanol–water partition coefficient (Wildman–Crippen LogP) is 4.64. The molecule has 5 aromatic rings. The number of benzene rings is 2. The van der Waals surface area contributed by atoms with Crippen LogP contribution in [0.1, 0.15) is 11.3 Å². The Hall–Kier alpha value is -4.19. The van der Waals surface area contributed by atoms with E-state index >= 15 is 0 Å². The number of nitrogens with zero attached hydrogens (tertiary/aromatic N) is 3. The molecule has 0 fully saturated rings. The van der Waals surface area contributed by atoms with E-state index in [1.54, 1.807) is 6.20 Å². The van der Waals surface area contributed by atoms with Crippen molar-refractivity contribution in [2.75, 3.05) is 5.32 Å². The summed E-state index contributed by atoms with van der Waals surface area (Å²) in [5, 5.41) is 3.96. The lowest BCUT2D eigenvalue weighted by molar-refractivity contribution is -0.115. The normalized spacial score (nSPS) is 11.0. The topological polar surface area (TPSA) is 68.5 Å². The number of pyridine rings is 2. The van der Waals surface area contributed by atoms with E-state index in [9.17, 15) is 4.79 Å². The first-order chi connectivity index (χ1) is 15.2. The van der Waals surface area contributed by atoms with Crippen LogP contribution in [0.4, 0.5) is 5.69 Å². The van der Waals surface area contributed by atoms with E-state index in [4.69, 9.17) is 4.74 Å². The number of ether oxygens (including phenoxy) is 1. The van der Waals surface area contributed by atoms with E-state index < -0.39 is 0 Å². The highest BCUT2D eigenvalue weighted by molar-refractivity contribution is 5.95. The summed E-state index contributed by atoms with van der Waals surface area (Å²) in [7, 11) is 0. The van der Waals surface area contributed by atoms with Gasteiger partial charge in [0.25, 0.3) is 0 Å². The second-order valence-corrected chi connectivity index (χ2v) is 7.23. The third kappa shape index (κ3) is 4.23. The molecule has 6 nitrogen and oxygen atoms in total. The van der Waals surface area contributed by atoms with Gasteiger partial charge in [-0.15, -0.1) is 0 Å². The predicted molar refractivity (Wildman–Crippen MR) is 120 cm³/mol. The highest BCUT2D eigenvalue weighted by Gasteiger charge is 2.09. The molecule has 3 aromatic heterocycles. The van der Waals surface area contributed by atoms with Crippen molar-refractivity contribution < 1.29 is 9.53 Å². The molecule has 0 aliphatic rings. The first-order valence-electron chi connectivity index (χ1n) is 10.0. The molecule has 2 aromatic carbocycles. The van der Waals surface area contributed by atoms with E-state index in [0.717, 1.165) is 33.5 Å². The summed E-state index contributed by atoms with van der Waals surface area (Å²) in [5.41, 5.74) is 4.23. The van der Waals surface area contributed by atoms with Gasteiger partial charge in [0.15, 0.2) is 0 Å². The van der Waals surface area contributed by atoms with Crippen LogP contribution < -0.4 is 10.1 Å². The molecule has 31 heavy (non-hydrogen) atoms. The minimum absolute atomic E-state index is 0.0866. The SMILES string of the molecule is O=C(Cc1cccc2cccnc12)Nc1ccc(OCc2cn3ccccc3n2)cc1. The van der Waals surface area contributed by atoms with Crippen molar-refractivity contribution in [3.63, 3.8) is 0 Å². The fraction of sp³-hybridized carbons (Fsp3) is 0.0800. The van der Waals surface area contributed by atoms with Gasteiger partial charge in [-0.05, 0) is 48.0 Å². The number of nitrogens with one attached hydrogen (secondary N) is 1. The van der Waals surface area contributed by atoms with E-state index in [-0.39, 0.29) is 12.3 Å². The van der Waals surface area contributed by atoms with Gasteiger partial charge in [-0.25, -0.2) is 4.98 Å². The van der Waals surface area contributed by atoms with Gasteiger partial charge in [-0.1, -0.05) is 30.3 Å². The number of aromatic nitrogens is 3. The van der Waals surface area contributed by atoms with Crippen LogP contribution in [0.15, 0.2) is 91.4 Å². The van der Waals surface area contributed by atoms with Crippen molar-refractivity contribution in [2.45, 2.75) is 13.0 Å². The molecule has 1 amide bonds. The van der Waals surface area contributed by atoms with Crippen LogP contribution in [0.2, 0.25) is 0 Å². The third-order valence-corrected chi connectivity index (χ3v) is 5.01. The molecule has 0 saturated carbocycles. The molecule has 0 unspecified atom stereocenters. The van der Waals surface area contributed by atoms with E-state index in [0.29, 0.717) is 12.4 Å². The van der Waals surface area contributed by atoms with Crippen LogP contribution in [0.25, 0.3) is 16.6 Å². The first kappa shape index (κ1) is 18.8. The molecule has 3 heterocycles. The van der Waals surface area contributed by atoms with Gasteiger partial charge >= 0.3 is 0 Å². The number of imidazole rings is 1. The van der Waals surface area contributed by atoms with Crippen molar-refractivity contribution in [3.8, 4) is 5.75 Å². The first-order valence-corrected chi connectivity index (χ1v) is 10.0. The molecule has 0 atom stereocenters. The van der Waals surface area contributed by atoms with Gasteiger partial charge in [-0.3, -0.25) is 9.78 Å². The molecule has 0 aliphatic carbocycles. The molecule has 152 valence electrons. The Morgan fingerprint density at radius 2 is 1.84 bits per heavy atom. The second-order valence-electron chi connectivity index (χ2n) is 7.23. The summed E-state index contributed by atoms with van der Waals surface area (Å²) in [4.78, 5) is 21.5. The number of anilines is 1. The molecule has 0 saturated heterocycles. The van der Waals surface area contributed by atoms with E-state index in [2.05, 4.69) is 15.3 Å². The molecule has 0 bridgehead atoms. The number of hydrogen-bond donors (Lipinski definition) is 1. The molecule has 0 radical (unpaired) electrons. The fourth-order valence-corrected chi connectivity index (χ4v) is 3.54. The fourth-order valence-electron chi connectivity index (χ4n) is 3.54. The summed E-state index contributed by atoms with van der Waals surface area (Å²) in [6.45, 7) is 0.376. The van der Waals surface area contributed by atoms with Gasteiger partial charge in [0.05, 0.1) is 17.6 Å². The summed E-state index contributed by atoms with van der Waals surface area (Å²) in [6, 6.07) is 23.0. The summed E-state index contributed by atoms with van der Waals surface area (Å²) < 4.78 is 7.79. The van der Waals surface area contributed by atoms with Crippen molar-refractivity contribution in [3.05, 3.63) is 103 Å². The summed E-state index contributed by atoms with van der Waals surface area (Å²) >= 11 is 0. The summed E-state index contributed by atoms with van der Waals surface area (Å²) in [6.07, 6.45) is 5.92. The van der Waals surface area contributed by atoms with Crippen LogP contribution in [-0.2, 0) is 17.8 Å². The van der Waals surface area contributed by atoms with Crippen LogP contribution in [0, 0.1) is 0 Å².